The Kier molecular flexibility index (Phi) is 5.57. The van der Waals surface area contributed by atoms with Crippen molar-refractivity contribution in [2.75, 3.05) is 7.11 Å². The van der Waals surface area contributed by atoms with Gasteiger partial charge in [-0.25, -0.2) is 0 Å². The fraction of sp³-hybridized carbons (Fsp3) is 0.679. The predicted octanol–water partition coefficient (Wildman–Crippen LogP) is 5.14. The summed E-state index contributed by atoms with van der Waals surface area (Å²) in [4.78, 5) is 14.3. The van der Waals surface area contributed by atoms with E-state index < -0.39 is 23.2 Å². The smallest absolute Gasteiger partial charge is 0.146 e. The van der Waals surface area contributed by atoms with Crippen LogP contribution in [0.4, 0.5) is 0 Å². The van der Waals surface area contributed by atoms with Gasteiger partial charge in [0, 0.05) is 17.8 Å². The number of methoxy groups -OCH3 is 1. The second-order valence-electron chi connectivity index (χ2n) is 11.8. The molecule has 1 spiro atoms. The zero-order chi connectivity index (χ0) is 24.6. The van der Waals surface area contributed by atoms with Crippen molar-refractivity contribution in [1.82, 2.24) is 0 Å². The summed E-state index contributed by atoms with van der Waals surface area (Å²) in [5.41, 5.74) is 0.627. The lowest BCUT2D eigenvalue weighted by atomic mass is 9.36. The van der Waals surface area contributed by atoms with Crippen LogP contribution in [0.25, 0.3) is 0 Å². The Morgan fingerprint density at radius 1 is 1.27 bits per heavy atom. The number of hydrogen-bond acceptors (Lipinski definition) is 5. The minimum Gasteiger partial charge on any atom is -0.508 e. The molecule has 1 aromatic rings. The molecule has 2 aliphatic carbocycles. The summed E-state index contributed by atoms with van der Waals surface area (Å²) in [5.74, 6) is 0.214. The van der Waals surface area contributed by atoms with Crippen molar-refractivity contribution in [3.8, 4) is 11.5 Å². The summed E-state index contributed by atoms with van der Waals surface area (Å²) < 4.78 is 12.1. The molecule has 3 fully saturated rings. The number of Topliss-reactive ketones (excluding diaryl/α,β-unsaturated/α-hetero) is 1. The van der Waals surface area contributed by atoms with E-state index in [0.29, 0.717) is 24.2 Å². The Balaban J connectivity index is 1.73. The van der Waals surface area contributed by atoms with Crippen molar-refractivity contribution in [2.45, 2.75) is 91.0 Å². The maximum absolute atomic E-state index is 14.3. The van der Waals surface area contributed by atoms with Gasteiger partial charge in [0.05, 0.1) is 30.3 Å². The minimum atomic E-state index is -0.688. The number of aliphatic hydroxyl groups is 1. The zero-order valence-corrected chi connectivity index (χ0v) is 21.2. The van der Waals surface area contributed by atoms with Crippen molar-refractivity contribution in [2.24, 2.45) is 22.7 Å². The van der Waals surface area contributed by atoms with Crippen LogP contribution in [0.15, 0.2) is 24.3 Å². The highest BCUT2D eigenvalue weighted by atomic mass is 16.6. The van der Waals surface area contributed by atoms with Gasteiger partial charge in [0.15, 0.2) is 0 Å². The predicted molar refractivity (Wildman–Crippen MR) is 128 cm³/mol. The lowest BCUT2D eigenvalue weighted by Gasteiger charge is -2.70. The Labute approximate surface area is 198 Å². The molecule has 0 aromatic heterocycles. The summed E-state index contributed by atoms with van der Waals surface area (Å²) in [6.07, 6.45) is 3.28. The molecule has 3 aliphatic rings. The molecular formula is C28H40O5. The molecule has 1 saturated heterocycles. The molecule has 0 radical (unpaired) electrons. The van der Waals surface area contributed by atoms with E-state index in [1.165, 1.54) is 0 Å². The minimum absolute atomic E-state index is 0.119. The summed E-state index contributed by atoms with van der Waals surface area (Å²) in [6, 6.07) is 3.51. The van der Waals surface area contributed by atoms with Crippen LogP contribution in [0.1, 0.15) is 71.4 Å². The van der Waals surface area contributed by atoms with E-state index in [0.717, 1.165) is 30.4 Å². The molecule has 1 aromatic carbocycles. The van der Waals surface area contributed by atoms with E-state index in [-0.39, 0.29) is 28.3 Å². The summed E-state index contributed by atoms with van der Waals surface area (Å²) in [5, 5.41) is 21.5. The van der Waals surface area contributed by atoms with Crippen LogP contribution in [0.2, 0.25) is 0 Å². The Morgan fingerprint density at radius 3 is 2.48 bits per heavy atom. The quantitative estimate of drug-likeness (QED) is 0.580. The van der Waals surface area contributed by atoms with Crippen molar-refractivity contribution in [3.05, 3.63) is 35.4 Å². The van der Waals surface area contributed by atoms with E-state index >= 15 is 0 Å². The first-order valence-corrected chi connectivity index (χ1v) is 12.2. The number of ether oxygens (including phenoxy) is 2. The normalized spacial score (nSPS) is 37.5. The van der Waals surface area contributed by atoms with Gasteiger partial charge in [-0.15, -0.1) is 0 Å². The molecule has 4 rings (SSSR count). The van der Waals surface area contributed by atoms with Crippen LogP contribution in [0, 0.1) is 29.6 Å². The molecule has 2 saturated carbocycles. The van der Waals surface area contributed by atoms with Gasteiger partial charge in [-0.2, -0.15) is 0 Å². The molecule has 5 nitrogen and oxygen atoms in total. The monoisotopic (exact) mass is 456 g/mol. The number of rotatable bonds is 6. The van der Waals surface area contributed by atoms with Crippen LogP contribution in [-0.4, -0.2) is 40.4 Å². The van der Waals surface area contributed by atoms with Crippen molar-refractivity contribution in [3.63, 3.8) is 0 Å². The average Bonchev–Trinajstić information content (AvgIpc) is 3.12. The van der Waals surface area contributed by atoms with Crippen LogP contribution in [-0.2, 0) is 16.0 Å². The average molecular weight is 457 g/mol. The van der Waals surface area contributed by atoms with Crippen LogP contribution >= 0.6 is 0 Å². The number of phenolic OH excluding ortho intramolecular Hbond substituents is 1. The third kappa shape index (κ3) is 3.15. The van der Waals surface area contributed by atoms with Gasteiger partial charge in [-0.1, -0.05) is 32.4 Å². The van der Waals surface area contributed by atoms with Gasteiger partial charge in [0.25, 0.3) is 0 Å². The largest absolute Gasteiger partial charge is 0.508 e. The fourth-order valence-electron chi connectivity index (χ4n) is 7.49. The molecular weight excluding hydrogens is 416 g/mol. The number of benzene rings is 1. The number of aryl methyl sites for hydroxylation is 1. The van der Waals surface area contributed by atoms with Gasteiger partial charge in [0.1, 0.15) is 17.3 Å². The van der Waals surface area contributed by atoms with Crippen molar-refractivity contribution < 1.29 is 24.5 Å². The maximum atomic E-state index is 14.3. The molecule has 2 N–H and O–H groups in total. The van der Waals surface area contributed by atoms with E-state index in [1.54, 1.807) is 13.2 Å². The number of aromatic hydroxyl groups is 1. The topological polar surface area (TPSA) is 76.0 Å². The van der Waals surface area contributed by atoms with E-state index in [1.807, 2.05) is 33.8 Å². The van der Waals surface area contributed by atoms with Gasteiger partial charge >= 0.3 is 0 Å². The third-order valence-corrected chi connectivity index (χ3v) is 9.66. The fourth-order valence-corrected chi connectivity index (χ4v) is 7.49. The third-order valence-electron chi connectivity index (χ3n) is 9.66. The number of fused-ring (bicyclic) bond motifs is 2. The number of aliphatic hydroxyl groups excluding tert-OH is 1. The highest BCUT2D eigenvalue weighted by Crippen LogP contribution is 2.79. The Bertz CT molecular complexity index is 996. The van der Waals surface area contributed by atoms with Crippen molar-refractivity contribution >= 4 is 5.78 Å². The number of allylic oxidation sites excluding steroid dienone is 1. The highest BCUT2D eigenvalue weighted by Gasteiger charge is 2.82. The standard InChI is InChI=1S/C28H40O5/c1-16(2)19(13-18-14-21(32-8)17(3)12-20(18)29)23(31)24-26(6)10-9-11-27(26,7)28(24)15-22(30)25(4,5)33-28/h12,14,19,22,24,29-30H,1,9-11,13,15H2,2-8H3/t19-,22-,24-,26-,27-,28-/m0/s1. The SMILES string of the molecule is C=C(C)[C@H](Cc1cc(OC)c(C)cc1O)C(=O)[C@H]1[C@]2(C)CCC[C@]2(C)[C@]12C[C@H](O)C(C)(C)O2. The number of phenols is 1. The molecule has 6 atom stereocenters. The maximum Gasteiger partial charge on any atom is 0.146 e. The summed E-state index contributed by atoms with van der Waals surface area (Å²) in [6.45, 7) is 16.3. The molecule has 0 bridgehead atoms. The molecule has 1 heterocycles. The Hall–Kier alpha value is -1.85. The molecule has 5 heteroatoms. The summed E-state index contributed by atoms with van der Waals surface area (Å²) in [7, 11) is 1.61. The van der Waals surface area contributed by atoms with Gasteiger partial charge in [-0.05, 0) is 75.6 Å². The second kappa shape index (κ2) is 7.58. The Morgan fingerprint density at radius 2 is 1.94 bits per heavy atom. The zero-order valence-electron chi connectivity index (χ0n) is 21.2. The van der Waals surface area contributed by atoms with Gasteiger partial charge in [-0.3, -0.25) is 4.79 Å². The second-order valence-corrected chi connectivity index (χ2v) is 11.8. The summed E-state index contributed by atoms with van der Waals surface area (Å²) >= 11 is 0. The number of ketones is 1. The van der Waals surface area contributed by atoms with Crippen LogP contribution in [0.5, 0.6) is 11.5 Å². The molecule has 1 aliphatic heterocycles. The highest BCUT2D eigenvalue weighted by molar-refractivity contribution is 5.90. The first-order chi connectivity index (χ1) is 15.2. The first-order valence-electron chi connectivity index (χ1n) is 12.2. The lowest BCUT2D eigenvalue weighted by molar-refractivity contribution is -0.305. The lowest BCUT2D eigenvalue weighted by Crippen LogP contribution is -2.75. The molecule has 0 unspecified atom stereocenters. The molecule has 0 amide bonds. The van der Waals surface area contributed by atoms with Crippen molar-refractivity contribution in [1.29, 1.82) is 0 Å². The number of carbonyl (C=O) groups excluding carboxylic acids is 1. The van der Waals surface area contributed by atoms with Crippen LogP contribution in [0.3, 0.4) is 0 Å². The van der Waals surface area contributed by atoms with E-state index in [2.05, 4.69) is 20.4 Å². The van der Waals surface area contributed by atoms with Gasteiger partial charge < -0.3 is 19.7 Å². The number of hydrogen-bond donors (Lipinski definition) is 2. The van der Waals surface area contributed by atoms with Crippen LogP contribution < -0.4 is 4.74 Å². The first kappa shape index (κ1) is 24.3. The van der Waals surface area contributed by atoms with Gasteiger partial charge in [0.2, 0.25) is 0 Å². The molecule has 33 heavy (non-hydrogen) atoms. The van der Waals surface area contributed by atoms with E-state index in [4.69, 9.17) is 9.47 Å². The number of carbonyl (C=O) groups is 1. The van der Waals surface area contributed by atoms with E-state index in [9.17, 15) is 15.0 Å². The molecule has 182 valence electrons.